The number of hydrogen-bond acceptors (Lipinski definition) is 3. The molecule has 2 aromatic carbocycles. The van der Waals surface area contributed by atoms with Crippen molar-refractivity contribution >= 4 is 21.6 Å². The van der Waals surface area contributed by atoms with Crippen LogP contribution in [0, 0.1) is 6.92 Å². The van der Waals surface area contributed by atoms with E-state index in [1.807, 2.05) is 6.07 Å². The second-order valence-electron chi connectivity index (χ2n) is 4.99. The van der Waals surface area contributed by atoms with Crippen LogP contribution in [0.3, 0.4) is 0 Å². The first kappa shape index (κ1) is 13.3. The lowest BCUT2D eigenvalue weighted by Crippen LogP contribution is -2.16. The molecular weight excluding hydrogens is 264 g/mol. The molecule has 0 aliphatic rings. The second kappa shape index (κ2) is 6.16. The van der Waals surface area contributed by atoms with Crippen molar-refractivity contribution in [2.45, 2.75) is 19.9 Å². The van der Waals surface area contributed by atoms with Gasteiger partial charge in [0.15, 0.2) is 0 Å². The van der Waals surface area contributed by atoms with E-state index < -0.39 is 0 Å². The van der Waals surface area contributed by atoms with Crippen molar-refractivity contribution in [1.29, 1.82) is 0 Å². The Hall–Kier alpha value is -1.71. The summed E-state index contributed by atoms with van der Waals surface area (Å²) in [5, 5.41) is 4.69. The Bertz CT molecular complexity index is 653. The largest absolute Gasteiger partial charge is 0.312 e. The third kappa shape index (κ3) is 3.24. The smallest absolute Gasteiger partial charge is 0.0951 e. The molecule has 0 aliphatic heterocycles. The molecule has 0 radical (unpaired) electrons. The molecule has 0 unspecified atom stereocenters. The van der Waals surface area contributed by atoms with Crippen LogP contribution in [0.5, 0.6) is 0 Å². The van der Waals surface area contributed by atoms with Crippen LogP contribution >= 0.6 is 11.3 Å². The zero-order chi connectivity index (χ0) is 13.8. The molecule has 0 fully saturated rings. The van der Waals surface area contributed by atoms with E-state index in [0.717, 1.165) is 25.0 Å². The molecule has 0 saturated heterocycles. The number of fused-ring (bicyclic) bond motifs is 1. The van der Waals surface area contributed by atoms with Gasteiger partial charge in [-0.05, 0) is 24.6 Å². The number of hydrogen-bond donors (Lipinski definition) is 1. The molecule has 3 heteroatoms. The Labute approximate surface area is 123 Å². The van der Waals surface area contributed by atoms with Crippen molar-refractivity contribution in [3.8, 4) is 0 Å². The van der Waals surface area contributed by atoms with Gasteiger partial charge in [0.25, 0.3) is 0 Å². The maximum atomic E-state index is 4.65. The number of rotatable bonds is 5. The molecule has 0 aliphatic carbocycles. The van der Waals surface area contributed by atoms with E-state index in [2.05, 4.69) is 59.7 Å². The third-order valence-electron chi connectivity index (χ3n) is 3.30. The maximum Gasteiger partial charge on any atom is 0.0951 e. The number of para-hydroxylation sites is 1. The van der Waals surface area contributed by atoms with Crippen molar-refractivity contribution in [3.63, 3.8) is 0 Å². The van der Waals surface area contributed by atoms with Gasteiger partial charge in [-0.2, -0.15) is 0 Å². The van der Waals surface area contributed by atoms with Crippen LogP contribution in [0.4, 0.5) is 0 Å². The zero-order valence-electron chi connectivity index (χ0n) is 11.6. The van der Waals surface area contributed by atoms with E-state index in [1.54, 1.807) is 11.3 Å². The van der Waals surface area contributed by atoms with Crippen molar-refractivity contribution in [2.24, 2.45) is 0 Å². The lowest BCUT2D eigenvalue weighted by atomic mass is 10.1. The van der Waals surface area contributed by atoms with Gasteiger partial charge >= 0.3 is 0 Å². The molecule has 0 saturated carbocycles. The van der Waals surface area contributed by atoms with Crippen molar-refractivity contribution < 1.29 is 0 Å². The fraction of sp³-hybridized carbons (Fsp3) is 0.235. The molecule has 0 bridgehead atoms. The highest BCUT2D eigenvalue weighted by Gasteiger charge is 2.02. The monoisotopic (exact) mass is 282 g/mol. The summed E-state index contributed by atoms with van der Waals surface area (Å²) < 4.78 is 1.28. The van der Waals surface area contributed by atoms with Gasteiger partial charge in [-0.25, -0.2) is 4.98 Å². The quantitative estimate of drug-likeness (QED) is 0.717. The average Bonchev–Trinajstić information content (AvgIpc) is 2.88. The van der Waals surface area contributed by atoms with Crippen molar-refractivity contribution in [1.82, 2.24) is 10.3 Å². The molecule has 2 nitrogen and oxygen atoms in total. The van der Waals surface area contributed by atoms with Crippen LogP contribution in [-0.2, 0) is 13.0 Å². The molecule has 3 rings (SSSR count). The van der Waals surface area contributed by atoms with Gasteiger partial charge in [-0.1, -0.05) is 42.0 Å². The maximum absolute atomic E-state index is 4.65. The molecule has 0 atom stereocenters. The van der Waals surface area contributed by atoms with Crippen LogP contribution in [0.2, 0.25) is 0 Å². The standard InChI is InChI=1S/C17H18N2S/c1-13-6-8-14(9-7-13)12-18-11-10-17-19-15-4-2-3-5-16(15)20-17/h2-9,18H,10-12H2,1H3. The summed E-state index contributed by atoms with van der Waals surface area (Å²) in [7, 11) is 0. The van der Waals surface area contributed by atoms with Gasteiger partial charge in [0.05, 0.1) is 15.2 Å². The Morgan fingerprint density at radius 2 is 1.85 bits per heavy atom. The summed E-state index contributed by atoms with van der Waals surface area (Å²) in [6.07, 6.45) is 0.991. The summed E-state index contributed by atoms with van der Waals surface area (Å²) >= 11 is 1.79. The molecule has 1 aromatic heterocycles. The fourth-order valence-corrected chi connectivity index (χ4v) is 3.13. The van der Waals surface area contributed by atoms with Crippen LogP contribution in [0.25, 0.3) is 10.2 Å². The first-order valence-corrected chi connectivity index (χ1v) is 7.73. The number of nitrogens with zero attached hydrogens (tertiary/aromatic N) is 1. The van der Waals surface area contributed by atoms with Gasteiger partial charge in [0.1, 0.15) is 0 Å². The Morgan fingerprint density at radius 3 is 2.65 bits per heavy atom. The molecular formula is C17H18N2S. The predicted octanol–water partition coefficient (Wildman–Crippen LogP) is 3.94. The van der Waals surface area contributed by atoms with Crippen molar-refractivity contribution in [3.05, 3.63) is 64.7 Å². The minimum absolute atomic E-state index is 0.922. The lowest BCUT2D eigenvalue weighted by Gasteiger charge is -2.04. The highest BCUT2D eigenvalue weighted by Crippen LogP contribution is 2.21. The van der Waals surface area contributed by atoms with Crippen LogP contribution in [0.1, 0.15) is 16.1 Å². The summed E-state index contributed by atoms with van der Waals surface area (Å²) in [4.78, 5) is 4.65. The van der Waals surface area contributed by atoms with Gasteiger partial charge in [0.2, 0.25) is 0 Å². The van der Waals surface area contributed by atoms with Gasteiger partial charge in [-0.3, -0.25) is 0 Å². The number of thiazole rings is 1. The third-order valence-corrected chi connectivity index (χ3v) is 4.40. The van der Waals surface area contributed by atoms with Crippen molar-refractivity contribution in [2.75, 3.05) is 6.54 Å². The number of aromatic nitrogens is 1. The topological polar surface area (TPSA) is 24.9 Å². The molecule has 0 spiro atoms. The molecule has 102 valence electrons. The highest BCUT2D eigenvalue weighted by atomic mass is 32.1. The summed E-state index contributed by atoms with van der Waals surface area (Å²) in [6.45, 7) is 4.00. The highest BCUT2D eigenvalue weighted by molar-refractivity contribution is 7.18. The Balaban J connectivity index is 1.51. The zero-order valence-corrected chi connectivity index (χ0v) is 12.4. The van der Waals surface area contributed by atoms with Gasteiger partial charge in [-0.15, -0.1) is 11.3 Å². The molecule has 3 aromatic rings. The van der Waals surface area contributed by atoms with E-state index in [-0.39, 0.29) is 0 Å². The van der Waals surface area contributed by atoms with E-state index in [1.165, 1.54) is 20.8 Å². The van der Waals surface area contributed by atoms with E-state index >= 15 is 0 Å². The minimum atomic E-state index is 0.922. The normalized spacial score (nSPS) is 11.1. The van der Waals surface area contributed by atoms with Crippen LogP contribution < -0.4 is 5.32 Å². The average molecular weight is 282 g/mol. The molecule has 1 N–H and O–H groups in total. The Morgan fingerprint density at radius 1 is 1.05 bits per heavy atom. The van der Waals surface area contributed by atoms with E-state index in [9.17, 15) is 0 Å². The SMILES string of the molecule is Cc1ccc(CNCCc2nc3ccccc3s2)cc1. The second-order valence-corrected chi connectivity index (χ2v) is 6.10. The summed E-state index contributed by atoms with van der Waals surface area (Å²) in [5.41, 5.74) is 3.76. The first-order chi connectivity index (χ1) is 9.81. The Kier molecular flexibility index (Phi) is 4.09. The first-order valence-electron chi connectivity index (χ1n) is 6.92. The molecule has 0 amide bonds. The summed E-state index contributed by atoms with van der Waals surface area (Å²) in [6, 6.07) is 17.0. The molecule has 20 heavy (non-hydrogen) atoms. The van der Waals surface area contributed by atoms with E-state index in [4.69, 9.17) is 0 Å². The number of nitrogens with one attached hydrogen (secondary N) is 1. The lowest BCUT2D eigenvalue weighted by molar-refractivity contribution is 0.685. The van der Waals surface area contributed by atoms with Gasteiger partial charge in [0, 0.05) is 19.5 Å². The minimum Gasteiger partial charge on any atom is -0.312 e. The van der Waals surface area contributed by atoms with Gasteiger partial charge < -0.3 is 5.32 Å². The van der Waals surface area contributed by atoms with Crippen LogP contribution in [-0.4, -0.2) is 11.5 Å². The van der Waals surface area contributed by atoms with Crippen LogP contribution in [0.15, 0.2) is 48.5 Å². The predicted molar refractivity (Wildman–Crippen MR) is 86.2 cm³/mol. The molecule has 1 heterocycles. The summed E-state index contributed by atoms with van der Waals surface area (Å²) in [5.74, 6) is 0. The number of benzene rings is 2. The number of aryl methyl sites for hydroxylation is 1. The fourth-order valence-electron chi connectivity index (χ4n) is 2.16. The van der Waals surface area contributed by atoms with E-state index in [0.29, 0.717) is 0 Å².